The van der Waals surface area contributed by atoms with Gasteiger partial charge in [-0.15, -0.1) is 11.8 Å². The molecule has 0 saturated carbocycles. The average Bonchev–Trinajstić information content (AvgIpc) is 2.40. The predicted octanol–water partition coefficient (Wildman–Crippen LogP) is 3.26. The van der Waals surface area contributed by atoms with Crippen molar-refractivity contribution < 1.29 is 9.84 Å². The molecule has 0 bridgehead atoms. The van der Waals surface area contributed by atoms with Gasteiger partial charge < -0.3 is 9.84 Å². The molecule has 0 aromatic heterocycles. The lowest BCUT2D eigenvalue weighted by atomic mass is 9.89. The number of thioether (sulfide) groups is 1. The van der Waals surface area contributed by atoms with Crippen LogP contribution in [0.15, 0.2) is 29.2 Å². The summed E-state index contributed by atoms with van der Waals surface area (Å²) < 4.78 is 5.32. The second kappa shape index (κ2) is 6.43. The first-order chi connectivity index (χ1) is 8.31. The number of aliphatic hydroxyl groups is 1. The number of hydrogen-bond donors (Lipinski definition) is 1. The third kappa shape index (κ3) is 3.47. The molecule has 2 nitrogen and oxygen atoms in total. The zero-order valence-corrected chi connectivity index (χ0v) is 11.1. The molecule has 0 radical (unpaired) electrons. The summed E-state index contributed by atoms with van der Waals surface area (Å²) in [5.74, 6) is 1.44. The summed E-state index contributed by atoms with van der Waals surface area (Å²) in [6, 6.07) is 8.31. The van der Waals surface area contributed by atoms with Gasteiger partial charge in [-0.05, 0) is 42.2 Å². The van der Waals surface area contributed by atoms with E-state index in [0.717, 1.165) is 37.4 Å². The molecular weight excluding hydrogens is 232 g/mol. The summed E-state index contributed by atoms with van der Waals surface area (Å²) in [6.07, 6.45) is 1.60. The van der Waals surface area contributed by atoms with Crippen LogP contribution in [0.5, 0.6) is 0 Å². The zero-order valence-electron chi connectivity index (χ0n) is 10.3. The van der Waals surface area contributed by atoms with Crippen LogP contribution >= 0.6 is 11.8 Å². The number of aliphatic hydroxyl groups excluding tert-OH is 1. The lowest BCUT2D eigenvalue weighted by Gasteiger charge is -2.27. The van der Waals surface area contributed by atoms with Crippen LogP contribution in [0.2, 0.25) is 0 Å². The van der Waals surface area contributed by atoms with E-state index in [1.165, 1.54) is 4.90 Å². The van der Waals surface area contributed by atoms with Crippen LogP contribution in [0.4, 0.5) is 0 Å². The Hall–Kier alpha value is -0.510. The quantitative estimate of drug-likeness (QED) is 0.834. The lowest BCUT2D eigenvalue weighted by Crippen LogP contribution is -2.21. The minimum Gasteiger partial charge on any atom is -0.388 e. The van der Waals surface area contributed by atoms with Gasteiger partial charge in [0.25, 0.3) is 0 Å². The van der Waals surface area contributed by atoms with Crippen molar-refractivity contribution in [3.8, 4) is 0 Å². The van der Waals surface area contributed by atoms with Gasteiger partial charge in [-0.2, -0.15) is 0 Å². The van der Waals surface area contributed by atoms with Gasteiger partial charge in [0.05, 0.1) is 6.10 Å². The SMILES string of the molecule is CCSc1ccc(C(O)C2CCOCC2)cc1. The van der Waals surface area contributed by atoms with Crippen LogP contribution in [0.25, 0.3) is 0 Å². The molecule has 0 spiro atoms. The fraction of sp³-hybridized carbons (Fsp3) is 0.571. The van der Waals surface area contributed by atoms with Crippen LogP contribution in [0.3, 0.4) is 0 Å². The highest BCUT2D eigenvalue weighted by Gasteiger charge is 2.23. The summed E-state index contributed by atoms with van der Waals surface area (Å²) in [6.45, 7) is 3.71. The van der Waals surface area contributed by atoms with Crippen LogP contribution < -0.4 is 0 Å². The Morgan fingerprint density at radius 3 is 2.53 bits per heavy atom. The van der Waals surface area contributed by atoms with Gasteiger partial charge in [-0.3, -0.25) is 0 Å². The first-order valence-electron chi connectivity index (χ1n) is 6.30. The Morgan fingerprint density at radius 1 is 1.29 bits per heavy atom. The Kier molecular flexibility index (Phi) is 4.89. The number of ether oxygens (including phenoxy) is 1. The van der Waals surface area contributed by atoms with Gasteiger partial charge in [0, 0.05) is 18.1 Å². The summed E-state index contributed by atoms with van der Waals surface area (Å²) in [7, 11) is 0. The highest BCUT2D eigenvalue weighted by atomic mass is 32.2. The van der Waals surface area contributed by atoms with Crippen molar-refractivity contribution >= 4 is 11.8 Å². The van der Waals surface area contributed by atoms with Crippen molar-refractivity contribution in [2.75, 3.05) is 19.0 Å². The zero-order chi connectivity index (χ0) is 12.1. The molecule has 2 rings (SSSR count). The summed E-state index contributed by atoms with van der Waals surface area (Å²) in [5.41, 5.74) is 1.04. The number of hydrogen-bond acceptors (Lipinski definition) is 3. The molecule has 1 saturated heterocycles. The third-order valence-electron chi connectivity index (χ3n) is 3.25. The topological polar surface area (TPSA) is 29.5 Å². The van der Waals surface area contributed by atoms with Gasteiger partial charge in [0.15, 0.2) is 0 Å². The van der Waals surface area contributed by atoms with E-state index >= 15 is 0 Å². The van der Waals surface area contributed by atoms with E-state index in [9.17, 15) is 5.11 Å². The van der Waals surface area contributed by atoms with Crippen LogP contribution in [0.1, 0.15) is 31.4 Å². The summed E-state index contributed by atoms with van der Waals surface area (Å²) >= 11 is 1.83. The molecule has 1 aliphatic rings. The van der Waals surface area contributed by atoms with Crippen molar-refractivity contribution in [2.24, 2.45) is 5.92 Å². The van der Waals surface area contributed by atoms with Gasteiger partial charge in [0.2, 0.25) is 0 Å². The van der Waals surface area contributed by atoms with Crippen molar-refractivity contribution in [1.29, 1.82) is 0 Å². The molecule has 1 atom stereocenters. The van der Waals surface area contributed by atoms with Crippen molar-refractivity contribution in [3.63, 3.8) is 0 Å². The van der Waals surface area contributed by atoms with E-state index in [4.69, 9.17) is 4.74 Å². The van der Waals surface area contributed by atoms with Crippen LogP contribution in [-0.4, -0.2) is 24.1 Å². The molecule has 1 unspecified atom stereocenters. The van der Waals surface area contributed by atoms with Gasteiger partial charge in [-0.25, -0.2) is 0 Å². The summed E-state index contributed by atoms with van der Waals surface area (Å²) in [5, 5.41) is 10.3. The van der Waals surface area contributed by atoms with Crippen molar-refractivity contribution in [2.45, 2.75) is 30.8 Å². The molecule has 1 aromatic carbocycles. The van der Waals surface area contributed by atoms with Crippen LogP contribution in [-0.2, 0) is 4.74 Å². The Labute approximate surface area is 107 Å². The molecule has 1 aromatic rings. The van der Waals surface area contributed by atoms with Crippen molar-refractivity contribution in [3.05, 3.63) is 29.8 Å². The summed E-state index contributed by atoms with van der Waals surface area (Å²) in [4.78, 5) is 1.27. The predicted molar refractivity (Wildman–Crippen MR) is 71.3 cm³/mol. The normalized spacial score (nSPS) is 19.2. The molecule has 1 fully saturated rings. The molecule has 3 heteroatoms. The average molecular weight is 252 g/mol. The lowest BCUT2D eigenvalue weighted by molar-refractivity contribution is 0.00717. The van der Waals surface area contributed by atoms with Crippen LogP contribution in [0, 0.1) is 5.92 Å². The molecular formula is C14H20O2S. The van der Waals surface area contributed by atoms with E-state index in [2.05, 4.69) is 31.2 Å². The first-order valence-corrected chi connectivity index (χ1v) is 7.28. The van der Waals surface area contributed by atoms with Gasteiger partial charge in [0.1, 0.15) is 0 Å². The van der Waals surface area contributed by atoms with E-state index in [-0.39, 0.29) is 6.10 Å². The molecule has 0 amide bonds. The first kappa shape index (κ1) is 12.9. The second-order valence-corrected chi connectivity index (χ2v) is 5.73. The minimum absolute atomic E-state index is 0.334. The Bertz CT molecular complexity index is 331. The van der Waals surface area contributed by atoms with Gasteiger partial charge in [-0.1, -0.05) is 19.1 Å². The molecule has 94 valence electrons. The molecule has 17 heavy (non-hydrogen) atoms. The monoisotopic (exact) mass is 252 g/mol. The fourth-order valence-electron chi connectivity index (χ4n) is 2.23. The maximum Gasteiger partial charge on any atom is 0.0819 e. The second-order valence-electron chi connectivity index (χ2n) is 4.40. The highest BCUT2D eigenvalue weighted by molar-refractivity contribution is 7.99. The van der Waals surface area contributed by atoms with E-state index in [1.807, 2.05) is 11.8 Å². The number of benzene rings is 1. The largest absolute Gasteiger partial charge is 0.388 e. The third-order valence-corrected chi connectivity index (χ3v) is 4.14. The van der Waals surface area contributed by atoms with E-state index in [1.54, 1.807) is 0 Å². The fourth-order valence-corrected chi connectivity index (χ4v) is 2.89. The highest BCUT2D eigenvalue weighted by Crippen LogP contribution is 2.30. The molecule has 1 aliphatic heterocycles. The molecule has 0 aliphatic carbocycles. The Morgan fingerprint density at radius 2 is 1.94 bits per heavy atom. The van der Waals surface area contributed by atoms with Crippen molar-refractivity contribution in [1.82, 2.24) is 0 Å². The number of rotatable bonds is 4. The molecule has 1 N–H and O–H groups in total. The maximum atomic E-state index is 10.3. The standard InChI is InChI=1S/C14H20O2S/c1-2-17-13-5-3-11(4-6-13)14(15)12-7-9-16-10-8-12/h3-6,12,14-15H,2,7-10H2,1H3. The Balaban J connectivity index is 2.00. The smallest absolute Gasteiger partial charge is 0.0819 e. The van der Waals surface area contributed by atoms with E-state index < -0.39 is 0 Å². The molecule has 1 heterocycles. The van der Waals surface area contributed by atoms with Gasteiger partial charge >= 0.3 is 0 Å². The minimum atomic E-state index is -0.334. The van der Waals surface area contributed by atoms with E-state index in [0.29, 0.717) is 5.92 Å². The maximum absolute atomic E-state index is 10.3.